The first kappa shape index (κ1) is 11.3. The molecule has 2 N–H and O–H groups in total. The van der Waals surface area contributed by atoms with Crippen molar-refractivity contribution in [2.45, 2.75) is 19.3 Å². The number of nitrogens with two attached hydrogens (primary N) is 1. The van der Waals surface area contributed by atoms with Crippen molar-refractivity contribution in [3.05, 3.63) is 0 Å². The van der Waals surface area contributed by atoms with Gasteiger partial charge in [-0.2, -0.15) is 0 Å². The van der Waals surface area contributed by atoms with Crippen molar-refractivity contribution in [3.8, 4) is 0 Å². The number of nitrogens with zero attached hydrogens (tertiary/aromatic N) is 1. The number of hydrogen-bond acceptors (Lipinski definition) is 3. The van der Waals surface area contributed by atoms with E-state index in [9.17, 15) is 4.79 Å². The summed E-state index contributed by atoms with van der Waals surface area (Å²) in [6.45, 7) is 1.24. The van der Waals surface area contributed by atoms with E-state index in [-0.39, 0.29) is 6.09 Å². The summed E-state index contributed by atoms with van der Waals surface area (Å²) in [4.78, 5) is 12.6. The molecule has 1 fully saturated rings. The topological polar surface area (TPSA) is 55.6 Å². The van der Waals surface area contributed by atoms with Gasteiger partial charge in [-0.25, -0.2) is 4.79 Å². The predicted octanol–water partition coefficient (Wildman–Crippen LogP) is 1.06. The number of rotatable bonds is 3. The fourth-order valence-electron chi connectivity index (χ4n) is 1.95. The first-order chi connectivity index (χ1) is 6.65. The van der Waals surface area contributed by atoms with Gasteiger partial charge in [-0.3, -0.25) is 0 Å². The van der Waals surface area contributed by atoms with E-state index in [4.69, 9.17) is 10.5 Å². The maximum Gasteiger partial charge on any atom is 0.409 e. The molecule has 2 unspecified atom stereocenters. The molecule has 4 heteroatoms. The number of carbonyl (C=O) groups excluding carboxylic acids is 1. The van der Waals surface area contributed by atoms with Crippen molar-refractivity contribution in [1.29, 1.82) is 0 Å². The molecular formula is C10H20N2O2. The van der Waals surface area contributed by atoms with Crippen molar-refractivity contribution in [1.82, 2.24) is 4.90 Å². The van der Waals surface area contributed by atoms with E-state index in [2.05, 4.69) is 0 Å². The van der Waals surface area contributed by atoms with Crippen LogP contribution in [0.15, 0.2) is 0 Å². The van der Waals surface area contributed by atoms with E-state index >= 15 is 0 Å². The van der Waals surface area contributed by atoms with Gasteiger partial charge in [0.25, 0.3) is 0 Å². The van der Waals surface area contributed by atoms with E-state index in [1.54, 1.807) is 14.1 Å². The third-order valence-electron chi connectivity index (χ3n) is 2.91. The number of amides is 1. The Balaban J connectivity index is 2.27. The van der Waals surface area contributed by atoms with Crippen molar-refractivity contribution in [2.24, 2.45) is 17.6 Å². The number of ether oxygens (including phenoxy) is 1. The minimum absolute atomic E-state index is 0.257. The summed E-state index contributed by atoms with van der Waals surface area (Å²) in [6, 6.07) is 0. The van der Waals surface area contributed by atoms with Crippen LogP contribution in [0.3, 0.4) is 0 Å². The van der Waals surface area contributed by atoms with Gasteiger partial charge in [-0.15, -0.1) is 0 Å². The zero-order chi connectivity index (χ0) is 10.6. The third kappa shape index (κ3) is 2.87. The molecule has 0 aromatic heterocycles. The first-order valence-electron chi connectivity index (χ1n) is 5.19. The van der Waals surface area contributed by atoms with E-state index in [0.717, 1.165) is 6.42 Å². The Morgan fingerprint density at radius 1 is 1.43 bits per heavy atom. The molecule has 1 amide bonds. The van der Waals surface area contributed by atoms with Gasteiger partial charge in [0, 0.05) is 14.1 Å². The zero-order valence-electron chi connectivity index (χ0n) is 9.03. The fraction of sp³-hybridized carbons (Fsp3) is 0.900. The van der Waals surface area contributed by atoms with Gasteiger partial charge >= 0.3 is 6.09 Å². The highest BCUT2D eigenvalue weighted by molar-refractivity contribution is 5.66. The lowest BCUT2D eigenvalue weighted by Crippen LogP contribution is -2.28. The van der Waals surface area contributed by atoms with Crippen molar-refractivity contribution >= 4 is 6.09 Å². The Hall–Kier alpha value is -0.770. The molecule has 1 saturated carbocycles. The molecule has 1 aliphatic rings. The van der Waals surface area contributed by atoms with Gasteiger partial charge in [-0.1, -0.05) is 6.42 Å². The molecule has 0 aromatic rings. The van der Waals surface area contributed by atoms with Gasteiger partial charge < -0.3 is 15.4 Å². The smallest absolute Gasteiger partial charge is 0.409 e. The van der Waals surface area contributed by atoms with Crippen molar-refractivity contribution in [3.63, 3.8) is 0 Å². The van der Waals surface area contributed by atoms with E-state index in [0.29, 0.717) is 25.0 Å². The summed E-state index contributed by atoms with van der Waals surface area (Å²) < 4.78 is 5.15. The van der Waals surface area contributed by atoms with E-state index in [1.807, 2.05) is 0 Å². The van der Waals surface area contributed by atoms with Crippen LogP contribution in [0.1, 0.15) is 19.3 Å². The Bertz CT molecular complexity index is 195. The highest BCUT2D eigenvalue weighted by Gasteiger charge is 2.27. The molecule has 1 rings (SSSR count). The minimum Gasteiger partial charge on any atom is -0.449 e. The van der Waals surface area contributed by atoms with Crippen LogP contribution in [-0.4, -0.2) is 38.2 Å². The molecule has 2 atom stereocenters. The van der Waals surface area contributed by atoms with Gasteiger partial charge in [0.1, 0.15) is 0 Å². The second-order valence-electron chi connectivity index (χ2n) is 4.16. The Morgan fingerprint density at radius 3 is 2.64 bits per heavy atom. The van der Waals surface area contributed by atoms with Crippen LogP contribution < -0.4 is 5.73 Å². The fourth-order valence-corrected chi connectivity index (χ4v) is 1.95. The van der Waals surface area contributed by atoms with Gasteiger partial charge in [0.15, 0.2) is 0 Å². The summed E-state index contributed by atoms with van der Waals surface area (Å²) >= 11 is 0. The van der Waals surface area contributed by atoms with Crippen LogP contribution in [0.5, 0.6) is 0 Å². The van der Waals surface area contributed by atoms with Crippen LogP contribution in [0.25, 0.3) is 0 Å². The predicted molar refractivity (Wildman–Crippen MR) is 54.9 cm³/mol. The van der Waals surface area contributed by atoms with Crippen LogP contribution in [0, 0.1) is 11.8 Å². The molecule has 0 aliphatic heterocycles. The lowest BCUT2D eigenvalue weighted by Gasteiger charge is -2.19. The molecule has 1 aliphatic carbocycles. The number of carbonyl (C=O) groups is 1. The Morgan fingerprint density at radius 2 is 2.07 bits per heavy atom. The SMILES string of the molecule is CN(C)C(=O)OCC1CCCC1CN. The standard InChI is InChI=1S/C10H20N2O2/c1-12(2)10(13)14-7-9-5-3-4-8(9)6-11/h8-9H,3-7,11H2,1-2H3. The molecular weight excluding hydrogens is 180 g/mol. The van der Waals surface area contributed by atoms with Crippen molar-refractivity contribution < 1.29 is 9.53 Å². The summed E-state index contributed by atoms with van der Waals surface area (Å²) in [5.74, 6) is 1.02. The molecule has 14 heavy (non-hydrogen) atoms. The van der Waals surface area contributed by atoms with Crippen LogP contribution >= 0.6 is 0 Å². The highest BCUT2D eigenvalue weighted by Crippen LogP contribution is 2.30. The van der Waals surface area contributed by atoms with Gasteiger partial charge in [-0.05, 0) is 31.2 Å². The monoisotopic (exact) mass is 200 g/mol. The summed E-state index contributed by atoms with van der Waals surface area (Å²) in [5, 5.41) is 0. The lowest BCUT2D eigenvalue weighted by atomic mass is 9.97. The molecule has 0 spiro atoms. The molecule has 0 radical (unpaired) electrons. The van der Waals surface area contributed by atoms with E-state index in [1.165, 1.54) is 17.7 Å². The molecule has 0 saturated heterocycles. The third-order valence-corrected chi connectivity index (χ3v) is 2.91. The first-order valence-corrected chi connectivity index (χ1v) is 5.19. The second-order valence-corrected chi connectivity index (χ2v) is 4.16. The summed E-state index contributed by atoms with van der Waals surface area (Å²) in [6.07, 6.45) is 3.28. The normalized spacial score (nSPS) is 26.2. The summed E-state index contributed by atoms with van der Waals surface area (Å²) in [5.41, 5.74) is 5.64. The van der Waals surface area contributed by atoms with Crippen LogP contribution in [0.2, 0.25) is 0 Å². The largest absolute Gasteiger partial charge is 0.449 e. The number of hydrogen-bond donors (Lipinski definition) is 1. The Kier molecular flexibility index (Phi) is 4.20. The molecule has 0 aromatic carbocycles. The maximum absolute atomic E-state index is 11.2. The maximum atomic E-state index is 11.2. The highest BCUT2D eigenvalue weighted by atomic mass is 16.6. The van der Waals surface area contributed by atoms with Crippen LogP contribution in [-0.2, 0) is 4.74 Å². The average molecular weight is 200 g/mol. The molecule has 82 valence electrons. The summed E-state index contributed by atoms with van der Waals surface area (Å²) in [7, 11) is 3.38. The lowest BCUT2D eigenvalue weighted by molar-refractivity contribution is 0.0942. The minimum atomic E-state index is -0.257. The molecule has 0 heterocycles. The molecule has 4 nitrogen and oxygen atoms in total. The zero-order valence-corrected chi connectivity index (χ0v) is 9.03. The van der Waals surface area contributed by atoms with Crippen molar-refractivity contribution in [2.75, 3.05) is 27.2 Å². The van der Waals surface area contributed by atoms with Crippen LogP contribution in [0.4, 0.5) is 4.79 Å². The average Bonchev–Trinajstić information content (AvgIpc) is 2.60. The van der Waals surface area contributed by atoms with E-state index < -0.39 is 0 Å². The quantitative estimate of drug-likeness (QED) is 0.741. The molecule has 0 bridgehead atoms. The second kappa shape index (κ2) is 5.20. The Labute approximate surface area is 85.4 Å². The van der Waals surface area contributed by atoms with Gasteiger partial charge in [0.2, 0.25) is 0 Å². The van der Waals surface area contributed by atoms with Gasteiger partial charge in [0.05, 0.1) is 6.61 Å².